The molecule has 0 aromatic rings. The van der Waals surface area contributed by atoms with Crippen molar-refractivity contribution in [2.45, 2.75) is 50.7 Å². The zero-order valence-electron chi connectivity index (χ0n) is 12.5. The summed E-state index contributed by atoms with van der Waals surface area (Å²) in [5.74, 6) is 4.85. The van der Waals surface area contributed by atoms with Gasteiger partial charge in [-0.25, -0.2) is 0 Å². The van der Waals surface area contributed by atoms with E-state index in [2.05, 4.69) is 11.8 Å². The quantitative estimate of drug-likeness (QED) is 0.296. The molecule has 0 saturated heterocycles. The van der Waals surface area contributed by atoms with Crippen molar-refractivity contribution in [3.05, 3.63) is 24.3 Å². The van der Waals surface area contributed by atoms with Gasteiger partial charge in [0.15, 0.2) is 0 Å². The molecule has 0 bridgehead atoms. The van der Waals surface area contributed by atoms with Crippen LogP contribution in [-0.2, 0) is 4.79 Å². The number of hydrogen-bond acceptors (Lipinski definition) is 4. The molecule has 0 spiro atoms. The van der Waals surface area contributed by atoms with Crippen LogP contribution in [0.5, 0.6) is 0 Å². The van der Waals surface area contributed by atoms with E-state index in [4.69, 9.17) is 0 Å². The summed E-state index contributed by atoms with van der Waals surface area (Å²) in [5, 5.41) is 29.2. The van der Waals surface area contributed by atoms with Gasteiger partial charge in [-0.3, -0.25) is 0 Å². The van der Waals surface area contributed by atoms with Crippen LogP contribution in [-0.4, -0.2) is 28.4 Å². The molecule has 0 heterocycles. The van der Waals surface area contributed by atoms with Crippen molar-refractivity contribution < 1.29 is 49.7 Å². The Hall–Kier alpha value is -0.570. The van der Waals surface area contributed by atoms with Crippen LogP contribution < -0.4 is 34.7 Å². The topological polar surface area (TPSA) is 80.6 Å². The number of allylic oxidation sites excluding steroid dienone is 3. The molecule has 0 radical (unpaired) electrons. The van der Waals surface area contributed by atoms with Crippen LogP contribution in [0.3, 0.4) is 0 Å². The van der Waals surface area contributed by atoms with Gasteiger partial charge in [0.2, 0.25) is 0 Å². The Labute approximate surface area is 148 Å². The third-order valence-electron chi connectivity index (χ3n) is 3.00. The Morgan fingerprint density at radius 1 is 1.33 bits per heavy atom. The minimum absolute atomic E-state index is 0. The fourth-order valence-corrected chi connectivity index (χ4v) is 1.73. The Morgan fingerprint density at radius 3 is 2.67 bits per heavy atom. The number of aliphatic hydroxyl groups is 2. The smallest absolute Gasteiger partial charge is 0.550 e. The van der Waals surface area contributed by atoms with E-state index >= 15 is 0 Å². The Balaban J connectivity index is 0.00000400. The maximum absolute atomic E-state index is 10.2. The first-order chi connectivity index (χ1) is 9.58. The summed E-state index contributed by atoms with van der Waals surface area (Å²) in [6, 6.07) is 0. The van der Waals surface area contributed by atoms with Crippen molar-refractivity contribution in [1.82, 2.24) is 0 Å². The average molecular weight is 300 g/mol. The molecule has 1 saturated carbocycles. The second-order valence-electron chi connectivity index (χ2n) is 5.06. The molecule has 1 rings (SSSR count). The van der Waals surface area contributed by atoms with Crippen LogP contribution in [0.4, 0.5) is 0 Å². The molecule has 2 N–H and O–H groups in total. The molecular formula is C16H21NaO4. The normalized spacial score (nSPS) is 17.0. The Kier molecular flexibility index (Phi) is 11.7. The van der Waals surface area contributed by atoms with E-state index in [1.165, 1.54) is 12.8 Å². The molecule has 1 aliphatic carbocycles. The van der Waals surface area contributed by atoms with Crippen molar-refractivity contribution in [3.63, 3.8) is 0 Å². The van der Waals surface area contributed by atoms with Crippen LogP contribution in [0, 0.1) is 17.8 Å². The first-order valence-electron chi connectivity index (χ1n) is 6.98. The van der Waals surface area contributed by atoms with E-state index in [1.807, 2.05) is 0 Å². The van der Waals surface area contributed by atoms with E-state index in [0.717, 1.165) is 6.42 Å². The standard InChI is InChI=1S/C16H22O4.Na/c17-14(8-5-9-16(19)20)6-3-1-2-4-7-15(18)12-13-10-11-13;/h1-2,4,7,13-15,17-18H,5,8-12H2,(H,19,20);/q;+1/p-1/b2-1+,7-4+;/t14-,15+;/m1./s1. The summed E-state index contributed by atoms with van der Waals surface area (Å²) in [5.41, 5.74) is 0. The van der Waals surface area contributed by atoms with Gasteiger partial charge in [0, 0.05) is 5.97 Å². The molecule has 0 unspecified atom stereocenters. The summed E-state index contributed by atoms with van der Waals surface area (Å²) >= 11 is 0. The average Bonchev–Trinajstić information content (AvgIpc) is 3.17. The number of rotatable bonds is 8. The maximum Gasteiger partial charge on any atom is 1.00 e. The molecule has 110 valence electrons. The van der Waals surface area contributed by atoms with Crippen LogP contribution in [0.25, 0.3) is 0 Å². The van der Waals surface area contributed by atoms with E-state index < -0.39 is 18.2 Å². The van der Waals surface area contributed by atoms with Gasteiger partial charge in [-0.05, 0) is 37.7 Å². The monoisotopic (exact) mass is 300 g/mol. The van der Waals surface area contributed by atoms with E-state index in [1.54, 1.807) is 24.3 Å². The van der Waals surface area contributed by atoms with Crippen molar-refractivity contribution in [2.24, 2.45) is 5.92 Å². The number of carboxylic acids is 1. The molecule has 1 fully saturated rings. The van der Waals surface area contributed by atoms with Gasteiger partial charge in [-0.1, -0.05) is 42.9 Å². The zero-order valence-corrected chi connectivity index (χ0v) is 14.5. The maximum atomic E-state index is 10.2. The summed E-state index contributed by atoms with van der Waals surface area (Å²) in [7, 11) is 0. The SMILES string of the molecule is O=C([O-])CCC[C@H](O)C#C/C=C/C=C/[C@H](O)CC1CC1.[Na+]. The molecule has 0 amide bonds. The van der Waals surface area contributed by atoms with Gasteiger partial charge in [0.1, 0.15) is 6.10 Å². The molecule has 4 nitrogen and oxygen atoms in total. The predicted molar refractivity (Wildman–Crippen MR) is 74.3 cm³/mol. The summed E-state index contributed by atoms with van der Waals surface area (Å²) in [6.45, 7) is 0. The molecule has 0 aliphatic heterocycles. The minimum atomic E-state index is -1.11. The van der Waals surface area contributed by atoms with Crippen LogP contribution in [0.1, 0.15) is 38.5 Å². The van der Waals surface area contributed by atoms with Crippen molar-refractivity contribution in [1.29, 1.82) is 0 Å². The van der Waals surface area contributed by atoms with Gasteiger partial charge >= 0.3 is 29.6 Å². The summed E-state index contributed by atoms with van der Waals surface area (Å²) < 4.78 is 0. The van der Waals surface area contributed by atoms with Gasteiger partial charge in [0.25, 0.3) is 0 Å². The van der Waals surface area contributed by atoms with Crippen LogP contribution in [0.2, 0.25) is 0 Å². The van der Waals surface area contributed by atoms with Crippen LogP contribution in [0.15, 0.2) is 24.3 Å². The molecule has 5 heteroatoms. The van der Waals surface area contributed by atoms with Gasteiger partial charge in [0.05, 0.1) is 6.10 Å². The Bertz CT molecular complexity index is 416. The molecule has 21 heavy (non-hydrogen) atoms. The number of hydrogen-bond donors (Lipinski definition) is 2. The second-order valence-corrected chi connectivity index (χ2v) is 5.06. The number of carboxylic acid groups (broad SMARTS) is 1. The van der Waals surface area contributed by atoms with E-state index in [0.29, 0.717) is 18.8 Å². The van der Waals surface area contributed by atoms with E-state index in [-0.39, 0.29) is 36.0 Å². The molecule has 0 aromatic carbocycles. The number of carbonyl (C=O) groups is 1. The number of aliphatic hydroxyl groups excluding tert-OH is 2. The van der Waals surface area contributed by atoms with Crippen molar-refractivity contribution >= 4 is 5.97 Å². The fraction of sp³-hybridized carbons (Fsp3) is 0.562. The van der Waals surface area contributed by atoms with Crippen molar-refractivity contribution in [3.8, 4) is 11.8 Å². The fourth-order valence-electron chi connectivity index (χ4n) is 1.73. The van der Waals surface area contributed by atoms with Gasteiger partial charge < -0.3 is 20.1 Å². The first kappa shape index (κ1) is 20.4. The number of aliphatic carboxylic acids is 1. The molecule has 1 aliphatic rings. The van der Waals surface area contributed by atoms with Gasteiger partial charge in [-0.15, -0.1) is 0 Å². The number of carbonyl (C=O) groups excluding carboxylic acids is 1. The molecule has 0 aromatic heterocycles. The van der Waals surface area contributed by atoms with Crippen molar-refractivity contribution in [2.75, 3.05) is 0 Å². The largest absolute Gasteiger partial charge is 1.00 e. The molecule has 2 atom stereocenters. The first-order valence-corrected chi connectivity index (χ1v) is 6.98. The molecular weight excluding hydrogens is 279 g/mol. The minimum Gasteiger partial charge on any atom is -0.550 e. The van der Waals surface area contributed by atoms with E-state index in [9.17, 15) is 20.1 Å². The second kappa shape index (κ2) is 12.0. The Morgan fingerprint density at radius 2 is 2.05 bits per heavy atom. The predicted octanol–water partition coefficient (Wildman–Crippen LogP) is -2.45. The third kappa shape index (κ3) is 12.9. The van der Waals surface area contributed by atoms with Gasteiger partial charge in [-0.2, -0.15) is 0 Å². The summed E-state index contributed by atoms with van der Waals surface area (Å²) in [6.07, 6.45) is 9.45. The zero-order chi connectivity index (χ0) is 14.8. The summed E-state index contributed by atoms with van der Waals surface area (Å²) in [4.78, 5) is 10.2. The van der Waals surface area contributed by atoms with Crippen LogP contribution >= 0.6 is 0 Å². The third-order valence-corrected chi connectivity index (χ3v) is 3.00.